The van der Waals surface area contributed by atoms with Gasteiger partial charge in [-0.3, -0.25) is 9.59 Å². The average molecular weight is 319 g/mol. The lowest BCUT2D eigenvalue weighted by molar-refractivity contribution is -0.132. The van der Waals surface area contributed by atoms with Gasteiger partial charge in [0.1, 0.15) is 0 Å². The van der Waals surface area contributed by atoms with E-state index in [-0.39, 0.29) is 11.5 Å². The maximum Gasteiger partial charge on any atom is 0.290 e. The van der Waals surface area contributed by atoms with E-state index in [1.807, 2.05) is 9.80 Å². The second-order valence-electron chi connectivity index (χ2n) is 6.56. The minimum atomic E-state index is -0.168. The van der Waals surface area contributed by atoms with E-state index in [1.165, 1.54) is 6.20 Å². The second-order valence-corrected chi connectivity index (χ2v) is 6.56. The first-order valence-electron chi connectivity index (χ1n) is 8.38. The number of carbonyl (C=O) groups excluding carboxylic acids is 1. The van der Waals surface area contributed by atoms with Crippen LogP contribution in [0, 0.1) is 5.92 Å². The van der Waals surface area contributed by atoms with Gasteiger partial charge in [0.25, 0.3) is 5.56 Å². The number of anilines is 1. The topological polar surface area (TPSA) is 72.5 Å². The van der Waals surface area contributed by atoms with Crippen LogP contribution in [0.1, 0.15) is 19.3 Å². The molecule has 0 unspecified atom stereocenters. The molecule has 3 heterocycles. The Labute approximate surface area is 136 Å². The number of hydrogen-bond donors (Lipinski definition) is 1. The molecule has 2 fully saturated rings. The molecule has 1 amide bonds. The number of carbonyl (C=O) groups is 1. The predicted octanol–water partition coefficient (Wildman–Crippen LogP) is 0.150. The van der Waals surface area contributed by atoms with Gasteiger partial charge in [0, 0.05) is 45.0 Å². The zero-order valence-electron chi connectivity index (χ0n) is 13.7. The molecule has 2 aliphatic rings. The second kappa shape index (κ2) is 7.12. The molecule has 2 saturated heterocycles. The monoisotopic (exact) mass is 319 g/mol. The van der Waals surface area contributed by atoms with Crippen LogP contribution in [0.4, 0.5) is 5.82 Å². The Bertz CT molecular complexity index is 586. The molecular weight excluding hydrogens is 294 g/mol. The molecule has 0 atom stereocenters. The number of aromatic nitrogens is 2. The van der Waals surface area contributed by atoms with Crippen LogP contribution in [0.5, 0.6) is 0 Å². The molecule has 3 rings (SSSR count). The Morgan fingerprint density at radius 3 is 2.57 bits per heavy atom. The summed E-state index contributed by atoms with van der Waals surface area (Å²) in [6.45, 7) is 4.85. The van der Waals surface area contributed by atoms with Crippen molar-refractivity contribution in [2.45, 2.75) is 19.3 Å². The summed E-state index contributed by atoms with van der Waals surface area (Å²) in [5.74, 6) is 1.24. The van der Waals surface area contributed by atoms with Crippen molar-refractivity contribution in [3.63, 3.8) is 0 Å². The minimum Gasteiger partial charge on any atom is -0.348 e. The van der Waals surface area contributed by atoms with Crippen molar-refractivity contribution >= 4 is 11.7 Å². The number of nitrogens with zero attached hydrogens (tertiary/aromatic N) is 4. The molecule has 0 spiro atoms. The Balaban J connectivity index is 1.50. The highest BCUT2D eigenvalue weighted by Crippen LogP contribution is 2.21. The van der Waals surface area contributed by atoms with Gasteiger partial charge in [0.2, 0.25) is 5.91 Å². The largest absolute Gasteiger partial charge is 0.348 e. The van der Waals surface area contributed by atoms with Gasteiger partial charge in [-0.1, -0.05) is 0 Å². The number of hydrogen-bond acceptors (Lipinski definition) is 5. The van der Waals surface area contributed by atoms with E-state index in [9.17, 15) is 9.59 Å². The maximum absolute atomic E-state index is 12.5. The third-order valence-electron chi connectivity index (χ3n) is 4.92. The number of piperazine rings is 1. The molecule has 1 aromatic heterocycles. The maximum atomic E-state index is 12.5. The van der Waals surface area contributed by atoms with Crippen molar-refractivity contribution in [1.82, 2.24) is 19.8 Å². The Hall–Kier alpha value is -1.89. The average Bonchev–Trinajstić information content (AvgIpc) is 2.57. The van der Waals surface area contributed by atoms with Crippen LogP contribution in [0.2, 0.25) is 0 Å². The van der Waals surface area contributed by atoms with E-state index >= 15 is 0 Å². The van der Waals surface area contributed by atoms with E-state index in [0.29, 0.717) is 44.3 Å². The molecule has 0 bridgehead atoms. The van der Waals surface area contributed by atoms with E-state index in [4.69, 9.17) is 0 Å². The molecule has 2 aliphatic heterocycles. The highest BCUT2D eigenvalue weighted by atomic mass is 16.2. The fraction of sp³-hybridized carbons (Fsp3) is 0.688. The first kappa shape index (κ1) is 16.0. The van der Waals surface area contributed by atoms with Crippen LogP contribution in [0.15, 0.2) is 17.2 Å². The van der Waals surface area contributed by atoms with Crippen LogP contribution < -0.4 is 10.5 Å². The smallest absolute Gasteiger partial charge is 0.290 e. The van der Waals surface area contributed by atoms with Crippen LogP contribution in [-0.2, 0) is 4.79 Å². The van der Waals surface area contributed by atoms with Crippen LogP contribution in [-0.4, -0.2) is 72.0 Å². The van der Waals surface area contributed by atoms with Gasteiger partial charge in [-0.05, 0) is 38.9 Å². The fourth-order valence-corrected chi connectivity index (χ4v) is 3.38. The molecule has 0 aliphatic carbocycles. The lowest BCUT2D eigenvalue weighted by atomic mass is 9.93. The molecule has 0 radical (unpaired) electrons. The van der Waals surface area contributed by atoms with Crippen LogP contribution in [0.25, 0.3) is 0 Å². The third kappa shape index (κ3) is 3.90. The number of aromatic amines is 1. The summed E-state index contributed by atoms with van der Waals surface area (Å²) in [6.07, 6.45) is 6.02. The number of H-pyrrole nitrogens is 1. The molecule has 23 heavy (non-hydrogen) atoms. The first-order valence-corrected chi connectivity index (χ1v) is 8.38. The van der Waals surface area contributed by atoms with Crippen molar-refractivity contribution in [1.29, 1.82) is 0 Å². The lowest BCUT2D eigenvalue weighted by Crippen LogP contribution is -2.50. The molecule has 1 aromatic rings. The minimum absolute atomic E-state index is 0.168. The summed E-state index contributed by atoms with van der Waals surface area (Å²) in [6, 6.07) is 0. The van der Waals surface area contributed by atoms with E-state index in [1.54, 1.807) is 6.20 Å². The van der Waals surface area contributed by atoms with Gasteiger partial charge < -0.3 is 19.7 Å². The molecular formula is C16H25N5O2. The van der Waals surface area contributed by atoms with Crippen molar-refractivity contribution < 1.29 is 4.79 Å². The normalized spacial score (nSPS) is 20.7. The number of nitrogens with one attached hydrogen (secondary N) is 1. The zero-order valence-corrected chi connectivity index (χ0v) is 13.7. The summed E-state index contributed by atoms with van der Waals surface area (Å²) < 4.78 is 0. The molecule has 0 aromatic carbocycles. The standard InChI is InChI=1S/C16H25N5O2/c1-19-6-2-13(3-7-19)12-14(22)20-8-10-21(11-9-20)15-16(23)18-5-4-17-15/h4-5,13H,2-3,6-12H2,1H3,(H,18,23). The van der Waals surface area contributed by atoms with Crippen molar-refractivity contribution in [2.24, 2.45) is 5.92 Å². The lowest BCUT2D eigenvalue weighted by Gasteiger charge is -2.36. The quantitative estimate of drug-likeness (QED) is 0.859. The predicted molar refractivity (Wildman–Crippen MR) is 88.5 cm³/mol. The summed E-state index contributed by atoms with van der Waals surface area (Å²) in [7, 11) is 2.14. The summed E-state index contributed by atoms with van der Waals surface area (Å²) in [5.41, 5.74) is -0.168. The molecule has 126 valence electrons. The first-order chi connectivity index (χ1) is 11.1. The SMILES string of the molecule is CN1CCC(CC(=O)N2CCN(c3ncc[nH]c3=O)CC2)CC1. The number of amides is 1. The van der Waals surface area contributed by atoms with Crippen molar-refractivity contribution in [2.75, 3.05) is 51.2 Å². The van der Waals surface area contributed by atoms with Gasteiger partial charge >= 0.3 is 0 Å². The summed E-state index contributed by atoms with van der Waals surface area (Å²) >= 11 is 0. The highest BCUT2D eigenvalue weighted by Gasteiger charge is 2.26. The number of piperidine rings is 1. The van der Waals surface area contributed by atoms with Crippen molar-refractivity contribution in [3.05, 3.63) is 22.7 Å². The van der Waals surface area contributed by atoms with E-state index in [2.05, 4.69) is 21.9 Å². The Kier molecular flexibility index (Phi) is 4.95. The zero-order chi connectivity index (χ0) is 16.2. The molecule has 7 heteroatoms. The molecule has 7 nitrogen and oxygen atoms in total. The highest BCUT2D eigenvalue weighted by molar-refractivity contribution is 5.76. The van der Waals surface area contributed by atoms with Gasteiger partial charge in [-0.2, -0.15) is 0 Å². The van der Waals surface area contributed by atoms with E-state index in [0.717, 1.165) is 25.9 Å². The van der Waals surface area contributed by atoms with Crippen molar-refractivity contribution in [3.8, 4) is 0 Å². The van der Waals surface area contributed by atoms with Crippen LogP contribution >= 0.6 is 0 Å². The summed E-state index contributed by atoms with van der Waals surface area (Å²) in [5, 5.41) is 0. The van der Waals surface area contributed by atoms with E-state index < -0.39 is 0 Å². The summed E-state index contributed by atoms with van der Waals surface area (Å²) in [4.78, 5) is 37.3. The molecule has 0 saturated carbocycles. The number of rotatable bonds is 3. The third-order valence-corrected chi connectivity index (χ3v) is 4.92. The van der Waals surface area contributed by atoms with Gasteiger partial charge in [0.15, 0.2) is 5.82 Å². The van der Waals surface area contributed by atoms with Gasteiger partial charge in [-0.25, -0.2) is 4.98 Å². The van der Waals surface area contributed by atoms with Gasteiger partial charge in [0.05, 0.1) is 0 Å². The van der Waals surface area contributed by atoms with Crippen LogP contribution in [0.3, 0.4) is 0 Å². The Morgan fingerprint density at radius 2 is 1.91 bits per heavy atom. The Morgan fingerprint density at radius 1 is 1.22 bits per heavy atom. The molecule has 1 N–H and O–H groups in total. The van der Waals surface area contributed by atoms with Gasteiger partial charge in [-0.15, -0.1) is 0 Å². The fourth-order valence-electron chi connectivity index (χ4n) is 3.38. The number of likely N-dealkylation sites (tertiary alicyclic amines) is 1.